The first kappa shape index (κ1) is 16.8. The molecule has 0 saturated carbocycles. The predicted octanol–water partition coefficient (Wildman–Crippen LogP) is 4.85. The van der Waals surface area contributed by atoms with Gasteiger partial charge in [0.2, 0.25) is 5.75 Å². The molecule has 2 aromatic rings. The number of nitrogens with one attached hydrogen (secondary N) is 1. The van der Waals surface area contributed by atoms with Crippen molar-refractivity contribution in [3.8, 4) is 17.2 Å². The zero-order chi connectivity index (χ0) is 18.3. The molecule has 4 heteroatoms. The van der Waals surface area contributed by atoms with E-state index >= 15 is 0 Å². The van der Waals surface area contributed by atoms with Gasteiger partial charge in [0.15, 0.2) is 11.5 Å². The second-order valence-corrected chi connectivity index (χ2v) is 7.02. The van der Waals surface area contributed by atoms with Crippen molar-refractivity contribution in [2.24, 2.45) is 5.92 Å². The summed E-state index contributed by atoms with van der Waals surface area (Å²) in [4.78, 5) is 0. The zero-order valence-corrected chi connectivity index (χ0v) is 15.7. The van der Waals surface area contributed by atoms with Gasteiger partial charge >= 0.3 is 0 Å². The van der Waals surface area contributed by atoms with Gasteiger partial charge in [0.25, 0.3) is 0 Å². The molecule has 2 aliphatic rings. The number of aryl methyl sites for hydroxylation is 1. The lowest BCUT2D eigenvalue weighted by molar-refractivity contribution is 0.322. The molecular formula is C22H25NO3. The molecule has 0 spiro atoms. The van der Waals surface area contributed by atoms with Crippen LogP contribution in [-0.4, -0.2) is 21.3 Å². The number of allylic oxidation sites excluding steroid dienone is 2. The van der Waals surface area contributed by atoms with Crippen LogP contribution in [0.25, 0.3) is 0 Å². The summed E-state index contributed by atoms with van der Waals surface area (Å²) in [5.41, 5.74) is 5.06. The number of methoxy groups -OCH3 is 3. The topological polar surface area (TPSA) is 39.7 Å². The normalized spacial score (nSPS) is 23.0. The van der Waals surface area contributed by atoms with E-state index in [0.29, 0.717) is 29.1 Å². The van der Waals surface area contributed by atoms with E-state index in [1.54, 1.807) is 21.3 Å². The zero-order valence-electron chi connectivity index (χ0n) is 15.7. The van der Waals surface area contributed by atoms with Crippen molar-refractivity contribution >= 4 is 5.69 Å². The van der Waals surface area contributed by atoms with Crippen molar-refractivity contribution in [3.63, 3.8) is 0 Å². The second kappa shape index (κ2) is 6.60. The number of hydrogen-bond acceptors (Lipinski definition) is 4. The molecule has 0 aromatic heterocycles. The van der Waals surface area contributed by atoms with Crippen molar-refractivity contribution in [1.29, 1.82) is 0 Å². The Hall–Kier alpha value is -2.62. The van der Waals surface area contributed by atoms with Crippen molar-refractivity contribution in [2.45, 2.75) is 25.3 Å². The average molecular weight is 351 g/mol. The summed E-state index contributed by atoms with van der Waals surface area (Å²) in [5.74, 6) is 2.94. The quantitative estimate of drug-likeness (QED) is 0.800. The van der Waals surface area contributed by atoms with Gasteiger partial charge in [-0.25, -0.2) is 0 Å². The van der Waals surface area contributed by atoms with E-state index in [2.05, 4.69) is 54.7 Å². The van der Waals surface area contributed by atoms with Crippen LogP contribution in [-0.2, 0) is 0 Å². The van der Waals surface area contributed by atoms with E-state index < -0.39 is 0 Å². The summed E-state index contributed by atoms with van der Waals surface area (Å²) in [6.07, 6.45) is 5.72. The molecule has 4 nitrogen and oxygen atoms in total. The first-order valence-corrected chi connectivity index (χ1v) is 9.00. The standard InChI is InChI=1S/C22H25NO3/c1-13-8-9-18-17(10-13)15-6-5-7-16(15)21(23-18)14-11-19(24-2)22(26-4)20(12-14)25-3/h5-6,8-12,15-16,21,23H,7H2,1-4H3/t15-,16+,21+/m1/s1. The molecule has 4 rings (SSSR count). The van der Waals surface area contributed by atoms with Crippen molar-refractivity contribution in [3.05, 3.63) is 59.2 Å². The molecule has 0 unspecified atom stereocenters. The predicted molar refractivity (Wildman–Crippen MR) is 104 cm³/mol. The molecule has 0 bridgehead atoms. The minimum Gasteiger partial charge on any atom is -0.493 e. The largest absolute Gasteiger partial charge is 0.493 e. The summed E-state index contributed by atoms with van der Waals surface area (Å²) in [5, 5.41) is 3.76. The van der Waals surface area contributed by atoms with Crippen LogP contribution in [0, 0.1) is 12.8 Å². The molecule has 26 heavy (non-hydrogen) atoms. The lowest BCUT2D eigenvalue weighted by Gasteiger charge is -2.38. The molecule has 136 valence electrons. The van der Waals surface area contributed by atoms with E-state index in [4.69, 9.17) is 14.2 Å². The molecule has 1 heterocycles. The van der Waals surface area contributed by atoms with E-state index in [9.17, 15) is 0 Å². The van der Waals surface area contributed by atoms with Crippen LogP contribution in [0.4, 0.5) is 5.69 Å². The van der Waals surface area contributed by atoms with Gasteiger partial charge in [0, 0.05) is 11.6 Å². The molecule has 1 aliphatic heterocycles. The molecule has 0 saturated heterocycles. The van der Waals surface area contributed by atoms with Crippen LogP contribution < -0.4 is 19.5 Å². The number of rotatable bonds is 4. The summed E-state index contributed by atoms with van der Waals surface area (Å²) in [6, 6.07) is 11.0. The maximum absolute atomic E-state index is 5.56. The SMILES string of the molecule is COc1cc([C@@H]2Nc3ccc(C)cc3[C@@H]3C=CC[C@@H]32)cc(OC)c1OC. The monoisotopic (exact) mass is 351 g/mol. The third-order valence-electron chi connectivity index (χ3n) is 5.56. The van der Waals surface area contributed by atoms with Crippen molar-refractivity contribution < 1.29 is 14.2 Å². The highest BCUT2D eigenvalue weighted by Gasteiger charge is 2.38. The minimum absolute atomic E-state index is 0.193. The minimum atomic E-state index is 0.193. The Morgan fingerprint density at radius 1 is 0.962 bits per heavy atom. The Bertz CT molecular complexity index is 833. The molecule has 1 aliphatic carbocycles. The van der Waals surface area contributed by atoms with Crippen molar-refractivity contribution in [2.75, 3.05) is 26.6 Å². The number of anilines is 1. The summed E-state index contributed by atoms with van der Waals surface area (Å²) in [7, 11) is 4.95. The van der Waals surface area contributed by atoms with Gasteiger partial charge in [-0.3, -0.25) is 0 Å². The molecule has 2 aromatic carbocycles. The Morgan fingerprint density at radius 2 is 1.69 bits per heavy atom. The summed E-state index contributed by atoms with van der Waals surface area (Å²) < 4.78 is 16.6. The van der Waals surface area contributed by atoms with Gasteiger partial charge in [0.05, 0.1) is 27.4 Å². The van der Waals surface area contributed by atoms with Crippen LogP contribution in [0.2, 0.25) is 0 Å². The van der Waals surface area contributed by atoms with Crippen LogP contribution in [0.5, 0.6) is 17.2 Å². The van der Waals surface area contributed by atoms with Gasteiger partial charge in [-0.05, 0) is 48.6 Å². The smallest absolute Gasteiger partial charge is 0.203 e. The third-order valence-corrected chi connectivity index (χ3v) is 5.56. The van der Waals surface area contributed by atoms with Gasteiger partial charge in [-0.2, -0.15) is 0 Å². The van der Waals surface area contributed by atoms with Crippen LogP contribution in [0.1, 0.15) is 35.1 Å². The molecule has 0 radical (unpaired) electrons. The van der Waals surface area contributed by atoms with Crippen LogP contribution in [0.3, 0.4) is 0 Å². The Labute approximate surface area is 154 Å². The van der Waals surface area contributed by atoms with Crippen LogP contribution in [0.15, 0.2) is 42.5 Å². The van der Waals surface area contributed by atoms with Crippen LogP contribution >= 0.6 is 0 Å². The average Bonchev–Trinajstić information content (AvgIpc) is 3.16. The molecule has 0 amide bonds. The Kier molecular flexibility index (Phi) is 4.27. The number of hydrogen-bond donors (Lipinski definition) is 1. The maximum Gasteiger partial charge on any atom is 0.203 e. The lowest BCUT2D eigenvalue weighted by Crippen LogP contribution is -2.29. The number of benzene rings is 2. The van der Waals surface area contributed by atoms with Gasteiger partial charge in [0.1, 0.15) is 0 Å². The highest BCUT2D eigenvalue weighted by atomic mass is 16.5. The first-order chi connectivity index (χ1) is 12.7. The number of fused-ring (bicyclic) bond motifs is 3. The highest BCUT2D eigenvalue weighted by Crippen LogP contribution is 2.51. The summed E-state index contributed by atoms with van der Waals surface area (Å²) >= 11 is 0. The van der Waals surface area contributed by atoms with E-state index in [0.717, 1.165) is 12.0 Å². The fourth-order valence-corrected chi connectivity index (χ4v) is 4.32. The molecular weight excluding hydrogens is 326 g/mol. The highest BCUT2D eigenvalue weighted by molar-refractivity contribution is 5.62. The van der Waals surface area contributed by atoms with E-state index in [-0.39, 0.29) is 6.04 Å². The molecule has 1 N–H and O–H groups in total. The molecule has 0 fully saturated rings. The lowest BCUT2D eigenvalue weighted by atomic mass is 9.76. The van der Waals surface area contributed by atoms with Crippen molar-refractivity contribution in [1.82, 2.24) is 0 Å². The fraction of sp³-hybridized carbons (Fsp3) is 0.364. The maximum atomic E-state index is 5.56. The van der Waals surface area contributed by atoms with Gasteiger partial charge < -0.3 is 19.5 Å². The third kappa shape index (κ3) is 2.61. The Balaban J connectivity index is 1.80. The second-order valence-electron chi connectivity index (χ2n) is 7.02. The van der Waals surface area contributed by atoms with E-state index in [1.807, 2.05) is 0 Å². The first-order valence-electron chi connectivity index (χ1n) is 9.00. The Morgan fingerprint density at radius 3 is 2.35 bits per heavy atom. The van der Waals surface area contributed by atoms with E-state index in [1.165, 1.54) is 16.8 Å². The summed E-state index contributed by atoms with van der Waals surface area (Å²) in [6.45, 7) is 2.15. The molecule has 3 atom stereocenters. The van der Waals surface area contributed by atoms with Gasteiger partial charge in [-0.15, -0.1) is 0 Å². The van der Waals surface area contributed by atoms with Gasteiger partial charge in [-0.1, -0.05) is 29.8 Å². The fourth-order valence-electron chi connectivity index (χ4n) is 4.32. The number of ether oxygens (including phenoxy) is 3.